The average Bonchev–Trinajstić information content (AvgIpc) is 2.86. The third-order valence-electron chi connectivity index (χ3n) is 2.68. The summed E-state index contributed by atoms with van der Waals surface area (Å²) < 4.78 is 0. The van der Waals surface area contributed by atoms with Crippen LogP contribution in [0.2, 0.25) is 0 Å². The van der Waals surface area contributed by atoms with E-state index >= 15 is 0 Å². The number of nitrogens with one attached hydrogen (secondary N) is 1. The molecule has 1 saturated carbocycles. The maximum absolute atomic E-state index is 8.79. The highest BCUT2D eigenvalue weighted by atomic mass is 15.0. The van der Waals surface area contributed by atoms with Crippen LogP contribution in [0.3, 0.4) is 0 Å². The van der Waals surface area contributed by atoms with E-state index in [1.807, 2.05) is 12.1 Å². The number of hydrogen-bond acceptors (Lipinski definition) is 3. The van der Waals surface area contributed by atoms with E-state index in [4.69, 9.17) is 11.0 Å². The minimum atomic E-state index is 0.534. The molecule has 0 spiro atoms. The highest BCUT2D eigenvalue weighted by Gasteiger charge is 2.32. The minimum absolute atomic E-state index is 0.534. The van der Waals surface area contributed by atoms with Crippen LogP contribution in [0.15, 0.2) is 18.2 Å². The number of nitrogens with two attached hydrogens (primary N) is 1. The number of benzene rings is 1. The van der Waals surface area contributed by atoms with Gasteiger partial charge < -0.3 is 11.1 Å². The number of nitriles is 1. The average molecular weight is 187 g/mol. The second kappa shape index (κ2) is 3.22. The van der Waals surface area contributed by atoms with Crippen LogP contribution in [0.25, 0.3) is 0 Å². The molecule has 72 valence electrons. The van der Waals surface area contributed by atoms with Crippen molar-refractivity contribution in [1.29, 1.82) is 5.26 Å². The fraction of sp³-hybridized carbons (Fsp3) is 0.364. The van der Waals surface area contributed by atoms with Gasteiger partial charge in [-0.2, -0.15) is 5.26 Å². The van der Waals surface area contributed by atoms with Gasteiger partial charge in [-0.3, -0.25) is 0 Å². The molecule has 0 saturated heterocycles. The molecule has 1 aliphatic carbocycles. The molecule has 3 N–H and O–H groups in total. The zero-order valence-corrected chi connectivity index (χ0v) is 8.12. The van der Waals surface area contributed by atoms with Gasteiger partial charge in [-0.05, 0) is 24.5 Å². The number of para-hydroxylation sites is 1. The Kier molecular flexibility index (Phi) is 2.05. The van der Waals surface area contributed by atoms with Crippen molar-refractivity contribution < 1.29 is 0 Å². The van der Waals surface area contributed by atoms with Gasteiger partial charge in [0, 0.05) is 6.04 Å². The lowest BCUT2D eigenvalue weighted by molar-refractivity contribution is 0.929. The predicted molar refractivity (Wildman–Crippen MR) is 56.8 cm³/mol. The fourth-order valence-corrected chi connectivity index (χ4v) is 1.51. The zero-order chi connectivity index (χ0) is 10.1. The van der Waals surface area contributed by atoms with E-state index in [1.165, 1.54) is 6.42 Å². The van der Waals surface area contributed by atoms with Crippen molar-refractivity contribution in [3.63, 3.8) is 0 Å². The smallest absolute Gasteiger partial charge is 0.101 e. The first-order valence-corrected chi connectivity index (χ1v) is 4.77. The van der Waals surface area contributed by atoms with E-state index in [0.717, 1.165) is 11.6 Å². The summed E-state index contributed by atoms with van der Waals surface area (Å²) >= 11 is 0. The molecule has 1 aromatic rings. The van der Waals surface area contributed by atoms with Gasteiger partial charge in [0.1, 0.15) is 6.07 Å². The van der Waals surface area contributed by atoms with Gasteiger partial charge in [0.05, 0.1) is 16.9 Å². The lowest BCUT2D eigenvalue weighted by atomic mass is 10.1. The molecule has 1 aliphatic rings. The van der Waals surface area contributed by atoms with Crippen LogP contribution >= 0.6 is 0 Å². The molecule has 0 aromatic heterocycles. The topological polar surface area (TPSA) is 61.8 Å². The molecular weight excluding hydrogens is 174 g/mol. The first kappa shape index (κ1) is 8.89. The quantitative estimate of drug-likeness (QED) is 0.696. The third-order valence-corrected chi connectivity index (χ3v) is 2.68. The Morgan fingerprint density at radius 3 is 2.86 bits per heavy atom. The maximum Gasteiger partial charge on any atom is 0.101 e. The fourth-order valence-electron chi connectivity index (χ4n) is 1.51. The van der Waals surface area contributed by atoms with Crippen molar-refractivity contribution in [3.05, 3.63) is 23.8 Å². The van der Waals surface area contributed by atoms with Crippen LogP contribution in [0.1, 0.15) is 18.9 Å². The summed E-state index contributed by atoms with van der Waals surface area (Å²) in [6.07, 6.45) is 1.19. The molecule has 0 aliphatic heterocycles. The van der Waals surface area contributed by atoms with Gasteiger partial charge in [0.25, 0.3) is 0 Å². The Bertz CT molecular complexity index is 392. The van der Waals surface area contributed by atoms with Gasteiger partial charge in [-0.15, -0.1) is 0 Å². The second-order valence-electron chi connectivity index (χ2n) is 3.84. The van der Waals surface area contributed by atoms with Gasteiger partial charge in [0.15, 0.2) is 0 Å². The summed E-state index contributed by atoms with van der Waals surface area (Å²) in [5, 5.41) is 12.1. The van der Waals surface area contributed by atoms with Crippen molar-refractivity contribution in [2.45, 2.75) is 19.4 Å². The highest BCUT2D eigenvalue weighted by Crippen LogP contribution is 2.34. The van der Waals surface area contributed by atoms with Crippen molar-refractivity contribution in [2.75, 3.05) is 11.1 Å². The second-order valence-corrected chi connectivity index (χ2v) is 3.84. The van der Waals surface area contributed by atoms with E-state index in [1.54, 1.807) is 6.07 Å². The standard InChI is InChI=1S/C11H13N3/c1-7-5-10(7)14-9-4-2-3-8(6-12)11(9)13/h2-4,7,10,14H,5,13H2,1H3. The summed E-state index contributed by atoms with van der Waals surface area (Å²) in [5.41, 5.74) is 7.83. The summed E-state index contributed by atoms with van der Waals surface area (Å²) in [4.78, 5) is 0. The van der Waals surface area contributed by atoms with Crippen LogP contribution < -0.4 is 11.1 Å². The molecule has 1 fully saturated rings. The predicted octanol–water partition coefficient (Wildman–Crippen LogP) is 1.96. The SMILES string of the molecule is CC1CC1Nc1cccc(C#N)c1N. The molecule has 2 unspecified atom stereocenters. The summed E-state index contributed by atoms with van der Waals surface area (Å²) in [6.45, 7) is 2.20. The summed E-state index contributed by atoms with van der Waals surface area (Å²) in [6, 6.07) is 8.11. The van der Waals surface area contributed by atoms with Gasteiger partial charge in [-0.1, -0.05) is 13.0 Å². The van der Waals surface area contributed by atoms with Gasteiger partial charge >= 0.3 is 0 Å². The van der Waals surface area contributed by atoms with Gasteiger partial charge in [0.2, 0.25) is 0 Å². The molecule has 14 heavy (non-hydrogen) atoms. The Labute approximate surface area is 83.5 Å². The Morgan fingerprint density at radius 2 is 2.29 bits per heavy atom. The molecule has 0 radical (unpaired) electrons. The van der Waals surface area contributed by atoms with E-state index in [-0.39, 0.29) is 0 Å². The van der Waals surface area contributed by atoms with E-state index in [0.29, 0.717) is 17.3 Å². The molecule has 0 amide bonds. The van der Waals surface area contributed by atoms with E-state index < -0.39 is 0 Å². The molecule has 0 bridgehead atoms. The van der Waals surface area contributed by atoms with E-state index in [2.05, 4.69) is 18.3 Å². The number of nitrogen functional groups attached to an aromatic ring is 1. The molecule has 2 rings (SSSR count). The number of rotatable bonds is 2. The number of anilines is 2. The zero-order valence-electron chi connectivity index (χ0n) is 8.12. The minimum Gasteiger partial charge on any atom is -0.396 e. The van der Waals surface area contributed by atoms with Crippen molar-refractivity contribution in [2.24, 2.45) is 5.92 Å². The highest BCUT2D eigenvalue weighted by molar-refractivity contribution is 5.73. The molecule has 3 heteroatoms. The van der Waals surface area contributed by atoms with Crippen molar-refractivity contribution in [1.82, 2.24) is 0 Å². The molecule has 1 aromatic carbocycles. The largest absolute Gasteiger partial charge is 0.396 e. The van der Waals surface area contributed by atoms with Crippen molar-refractivity contribution >= 4 is 11.4 Å². The van der Waals surface area contributed by atoms with Crippen LogP contribution in [-0.2, 0) is 0 Å². The Hall–Kier alpha value is -1.69. The summed E-state index contributed by atoms with van der Waals surface area (Å²) in [5.74, 6) is 0.722. The first-order valence-electron chi connectivity index (χ1n) is 4.77. The summed E-state index contributed by atoms with van der Waals surface area (Å²) in [7, 11) is 0. The van der Waals surface area contributed by atoms with Crippen LogP contribution in [0.5, 0.6) is 0 Å². The number of nitrogens with zero attached hydrogens (tertiary/aromatic N) is 1. The maximum atomic E-state index is 8.79. The lowest BCUT2D eigenvalue weighted by Crippen LogP contribution is -2.06. The monoisotopic (exact) mass is 187 g/mol. The molecule has 0 heterocycles. The van der Waals surface area contributed by atoms with Crippen LogP contribution in [-0.4, -0.2) is 6.04 Å². The normalized spacial score (nSPS) is 24.0. The van der Waals surface area contributed by atoms with Gasteiger partial charge in [-0.25, -0.2) is 0 Å². The van der Waals surface area contributed by atoms with Crippen molar-refractivity contribution in [3.8, 4) is 6.07 Å². The molecule has 3 nitrogen and oxygen atoms in total. The van der Waals surface area contributed by atoms with Crippen LogP contribution in [0, 0.1) is 17.2 Å². The Balaban J connectivity index is 2.21. The lowest BCUT2D eigenvalue weighted by Gasteiger charge is -2.08. The third kappa shape index (κ3) is 1.51. The van der Waals surface area contributed by atoms with Crippen LogP contribution in [0.4, 0.5) is 11.4 Å². The van der Waals surface area contributed by atoms with E-state index in [9.17, 15) is 0 Å². The molecular formula is C11H13N3. The number of hydrogen-bond donors (Lipinski definition) is 2. The molecule has 2 atom stereocenters. The first-order chi connectivity index (χ1) is 6.72. The Morgan fingerprint density at radius 1 is 1.57 bits per heavy atom.